The van der Waals surface area contributed by atoms with E-state index in [1.165, 1.54) is 44.9 Å². The van der Waals surface area contributed by atoms with Gasteiger partial charge in [-0.05, 0) is 67.5 Å². The summed E-state index contributed by atoms with van der Waals surface area (Å²) in [6.45, 7) is -0.0453. The number of hydrogen-bond donors (Lipinski definition) is 2. The molecule has 1 aliphatic heterocycles. The van der Waals surface area contributed by atoms with Gasteiger partial charge in [0, 0.05) is 36.9 Å². The lowest BCUT2D eigenvalue weighted by Gasteiger charge is -2.32. The number of methoxy groups -OCH3 is 2. The molecule has 1 saturated heterocycles. The van der Waals surface area contributed by atoms with Gasteiger partial charge in [0.05, 0.1) is 24.5 Å². The number of rotatable bonds is 8. The molecule has 3 aromatic rings. The molecule has 8 nitrogen and oxygen atoms in total. The van der Waals surface area contributed by atoms with E-state index < -0.39 is 0 Å². The Morgan fingerprint density at radius 1 is 1.14 bits per heavy atom. The summed E-state index contributed by atoms with van der Waals surface area (Å²) in [7, 11) is 3.07. The van der Waals surface area contributed by atoms with Gasteiger partial charge in [-0.15, -0.1) is 0 Å². The van der Waals surface area contributed by atoms with E-state index in [1.54, 1.807) is 7.11 Å². The molecule has 9 heteroatoms. The standard InChI is InChI=1S/C28H33N5O3S/c1-35-18-25(34)30-22-17-20(13-14-24(22)36-2)33-27(26(31-28(33)37)21-11-6-7-15-29-21)23-12-8-16-32(23)19-9-4-3-5-10-19/h6-8,11-17,19,26-27H,3-5,9-10,18H2,1-2H3,(H,30,34)(H,31,37)/t26-,27-/m1/s1. The van der Waals surface area contributed by atoms with Crippen LogP contribution in [-0.4, -0.2) is 41.4 Å². The van der Waals surface area contributed by atoms with Crippen molar-refractivity contribution in [3.05, 3.63) is 72.3 Å². The first-order valence-electron chi connectivity index (χ1n) is 12.7. The van der Waals surface area contributed by atoms with E-state index in [9.17, 15) is 4.79 Å². The van der Waals surface area contributed by atoms with Crippen molar-refractivity contribution in [3.8, 4) is 5.75 Å². The van der Waals surface area contributed by atoms with Crippen molar-refractivity contribution in [1.29, 1.82) is 0 Å². The largest absolute Gasteiger partial charge is 0.495 e. The lowest BCUT2D eigenvalue weighted by molar-refractivity contribution is -0.119. The van der Waals surface area contributed by atoms with E-state index in [1.807, 2.05) is 42.6 Å². The van der Waals surface area contributed by atoms with E-state index in [4.69, 9.17) is 21.7 Å². The first-order valence-corrected chi connectivity index (χ1v) is 13.2. The molecule has 5 rings (SSSR count). The highest BCUT2D eigenvalue weighted by molar-refractivity contribution is 7.80. The van der Waals surface area contributed by atoms with E-state index >= 15 is 0 Å². The minimum atomic E-state index is -0.255. The van der Waals surface area contributed by atoms with Crippen LogP contribution in [0, 0.1) is 0 Å². The SMILES string of the molecule is COCC(=O)Nc1cc(N2C(=S)N[C@H](c3ccccn3)[C@H]2c2cccn2C2CCCCC2)ccc1OC. The Hall–Kier alpha value is -3.43. The van der Waals surface area contributed by atoms with Crippen LogP contribution in [0.4, 0.5) is 11.4 Å². The minimum absolute atomic E-state index is 0.0453. The fraction of sp³-hybridized carbons (Fsp3) is 0.393. The molecule has 2 N–H and O–H groups in total. The maximum absolute atomic E-state index is 12.3. The second-order valence-corrected chi connectivity index (χ2v) is 9.88. The summed E-state index contributed by atoms with van der Waals surface area (Å²) in [5, 5.41) is 7.05. The Morgan fingerprint density at radius 3 is 2.70 bits per heavy atom. The molecule has 2 fully saturated rings. The zero-order valence-corrected chi connectivity index (χ0v) is 22.0. The molecule has 2 aromatic heterocycles. The smallest absolute Gasteiger partial charge is 0.250 e. The number of hydrogen-bond acceptors (Lipinski definition) is 5. The van der Waals surface area contributed by atoms with Gasteiger partial charge in [0.2, 0.25) is 5.91 Å². The molecule has 0 radical (unpaired) electrons. The van der Waals surface area contributed by atoms with E-state index in [2.05, 4.69) is 43.4 Å². The van der Waals surface area contributed by atoms with Crippen LogP contribution in [0.25, 0.3) is 0 Å². The van der Waals surface area contributed by atoms with Crippen LogP contribution in [0.3, 0.4) is 0 Å². The first-order chi connectivity index (χ1) is 18.1. The number of thiocarbonyl (C=S) groups is 1. The van der Waals surface area contributed by atoms with E-state index in [-0.39, 0.29) is 24.6 Å². The lowest BCUT2D eigenvalue weighted by Crippen LogP contribution is -2.31. The quantitative estimate of drug-likeness (QED) is 0.398. The third kappa shape index (κ3) is 5.19. The number of aromatic nitrogens is 2. The predicted octanol–water partition coefficient (Wildman–Crippen LogP) is 5.16. The van der Waals surface area contributed by atoms with Gasteiger partial charge in [0.1, 0.15) is 18.4 Å². The van der Waals surface area contributed by atoms with Gasteiger partial charge in [0.15, 0.2) is 5.11 Å². The van der Waals surface area contributed by atoms with Crippen LogP contribution in [0.1, 0.15) is 61.6 Å². The molecule has 194 valence electrons. The molecule has 1 aromatic carbocycles. The predicted molar refractivity (Wildman–Crippen MR) is 148 cm³/mol. The number of carbonyl (C=O) groups excluding carboxylic acids is 1. The topological polar surface area (TPSA) is 80.7 Å². The van der Waals surface area contributed by atoms with Crippen molar-refractivity contribution in [3.63, 3.8) is 0 Å². The molecule has 1 amide bonds. The lowest BCUT2D eigenvalue weighted by atomic mass is 9.94. The van der Waals surface area contributed by atoms with Gasteiger partial charge in [-0.25, -0.2) is 0 Å². The summed E-state index contributed by atoms with van der Waals surface area (Å²) in [5.74, 6) is 0.309. The highest BCUT2D eigenvalue weighted by atomic mass is 32.1. The Labute approximate surface area is 223 Å². The molecule has 3 heterocycles. The van der Waals surface area contributed by atoms with Crippen LogP contribution in [0.15, 0.2) is 60.9 Å². The molecule has 1 saturated carbocycles. The van der Waals surface area contributed by atoms with Crippen LogP contribution < -0.4 is 20.3 Å². The molecular weight excluding hydrogens is 486 g/mol. The van der Waals surface area contributed by atoms with Gasteiger partial charge >= 0.3 is 0 Å². The van der Waals surface area contributed by atoms with E-state index in [0.717, 1.165) is 11.4 Å². The number of nitrogens with zero attached hydrogens (tertiary/aromatic N) is 3. The Balaban J connectivity index is 1.58. The van der Waals surface area contributed by atoms with Gasteiger partial charge < -0.3 is 29.6 Å². The molecule has 2 aliphatic rings. The van der Waals surface area contributed by atoms with Gasteiger partial charge in [-0.3, -0.25) is 9.78 Å². The molecule has 37 heavy (non-hydrogen) atoms. The highest BCUT2D eigenvalue weighted by Gasteiger charge is 2.42. The summed E-state index contributed by atoms with van der Waals surface area (Å²) in [5.41, 5.74) is 3.53. The maximum Gasteiger partial charge on any atom is 0.250 e. The van der Waals surface area contributed by atoms with E-state index in [0.29, 0.717) is 22.6 Å². The Bertz CT molecular complexity index is 1240. The molecule has 1 aliphatic carbocycles. The molecule has 2 atom stereocenters. The molecule has 0 unspecified atom stereocenters. The number of carbonyl (C=O) groups is 1. The summed E-state index contributed by atoms with van der Waals surface area (Å²) < 4.78 is 13.0. The van der Waals surface area contributed by atoms with Gasteiger partial charge in [-0.2, -0.15) is 0 Å². The third-order valence-electron chi connectivity index (χ3n) is 7.19. The summed E-state index contributed by atoms with van der Waals surface area (Å²) in [4.78, 5) is 19.1. The van der Waals surface area contributed by atoms with Crippen molar-refractivity contribution >= 4 is 34.6 Å². The minimum Gasteiger partial charge on any atom is -0.495 e. The number of anilines is 2. The highest BCUT2D eigenvalue weighted by Crippen LogP contribution is 2.44. The number of ether oxygens (including phenoxy) is 2. The second-order valence-electron chi connectivity index (χ2n) is 9.49. The number of benzene rings is 1. The van der Waals surface area contributed by atoms with Crippen LogP contribution >= 0.6 is 12.2 Å². The van der Waals surface area contributed by atoms with Crippen LogP contribution in [0.5, 0.6) is 5.75 Å². The van der Waals surface area contributed by atoms with Crippen molar-refractivity contribution in [1.82, 2.24) is 14.9 Å². The average molecular weight is 520 g/mol. The van der Waals surface area contributed by atoms with Gasteiger partial charge in [-0.1, -0.05) is 25.3 Å². The van der Waals surface area contributed by atoms with Crippen LogP contribution in [0.2, 0.25) is 0 Å². The summed E-state index contributed by atoms with van der Waals surface area (Å²) >= 11 is 5.92. The first kappa shape index (κ1) is 25.2. The zero-order valence-electron chi connectivity index (χ0n) is 21.2. The Kier molecular flexibility index (Phi) is 7.71. The normalized spacial score (nSPS) is 20.1. The number of nitrogens with one attached hydrogen (secondary N) is 2. The van der Waals surface area contributed by atoms with Gasteiger partial charge in [0.25, 0.3) is 0 Å². The monoisotopic (exact) mass is 519 g/mol. The zero-order chi connectivity index (χ0) is 25.8. The average Bonchev–Trinajstić information content (AvgIpc) is 3.54. The third-order valence-corrected chi connectivity index (χ3v) is 7.51. The number of pyridine rings is 1. The summed E-state index contributed by atoms with van der Waals surface area (Å²) in [6, 6.07) is 16.2. The summed E-state index contributed by atoms with van der Waals surface area (Å²) in [6.07, 6.45) is 10.2. The van der Waals surface area contributed by atoms with Crippen molar-refractivity contribution in [2.75, 3.05) is 31.0 Å². The molecule has 0 spiro atoms. The maximum atomic E-state index is 12.3. The fourth-order valence-electron chi connectivity index (χ4n) is 5.54. The molecule has 0 bridgehead atoms. The number of amides is 1. The van der Waals surface area contributed by atoms with Crippen molar-refractivity contribution < 1.29 is 14.3 Å². The second kappa shape index (κ2) is 11.3. The Morgan fingerprint density at radius 2 is 1.97 bits per heavy atom. The fourth-order valence-corrected chi connectivity index (χ4v) is 5.89. The molecular formula is C28H33N5O3S. The van der Waals surface area contributed by atoms with Crippen molar-refractivity contribution in [2.45, 2.75) is 50.2 Å². The van der Waals surface area contributed by atoms with Crippen LogP contribution in [-0.2, 0) is 9.53 Å². The van der Waals surface area contributed by atoms with Crippen molar-refractivity contribution in [2.24, 2.45) is 0 Å².